The van der Waals surface area contributed by atoms with Crippen LogP contribution >= 0.6 is 0 Å². The lowest BCUT2D eigenvalue weighted by Crippen LogP contribution is -1.98. The summed E-state index contributed by atoms with van der Waals surface area (Å²) in [5.74, 6) is 1.48. The normalized spacial score (nSPS) is 27.6. The molecule has 0 bridgehead atoms. The maximum absolute atomic E-state index is 4.97. The first-order chi connectivity index (χ1) is 3.79. The summed E-state index contributed by atoms with van der Waals surface area (Å²) in [5.41, 5.74) is 0. The van der Waals surface area contributed by atoms with Gasteiger partial charge in [-0.15, -0.1) is 0 Å². The first-order valence-electron chi connectivity index (χ1n) is 2.80. The van der Waals surface area contributed by atoms with E-state index in [0.29, 0.717) is 5.92 Å². The molecule has 1 aliphatic rings. The fraction of sp³-hybridized carbons (Fsp3) is 0.429. The lowest BCUT2D eigenvalue weighted by Gasteiger charge is -2.13. The minimum absolute atomic E-state index is 0.608. The first-order valence-corrected chi connectivity index (χ1v) is 2.80. The van der Waals surface area contributed by atoms with Gasteiger partial charge in [-0.2, -0.15) is 0 Å². The predicted octanol–water partition coefficient (Wildman–Crippen LogP) is 2.07. The predicted molar refractivity (Wildman–Crippen MR) is 33.1 cm³/mol. The molecule has 1 unspecified atom stereocenters. The molecule has 0 fully saturated rings. The monoisotopic (exact) mass is 110 g/mol. The number of ether oxygens (including phenoxy) is 1. The minimum atomic E-state index is 0.608. The van der Waals surface area contributed by atoms with Crippen LogP contribution in [0.3, 0.4) is 0 Å². The van der Waals surface area contributed by atoms with Crippen molar-refractivity contribution in [1.82, 2.24) is 0 Å². The molecule has 0 amide bonds. The quantitative estimate of drug-likeness (QED) is 0.464. The van der Waals surface area contributed by atoms with E-state index in [1.807, 2.05) is 6.08 Å². The minimum Gasteiger partial charge on any atom is -0.470 e. The van der Waals surface area contributed by atoms with Crippen molar-refractivity contribution >= 4 is 0 Å². The second-order valence-corrected chi connectivity index (χ2v) is 2.17. The van der Waals surface area contributed by atoms with Crippen LogP contribution in [0.1, 0.15) is 13.3 Å². The van der Waals surface area contributed by atoms with Crippen LogP contribution in [-0.2, 0) is 4.74 Å². The molecule has 1 nitrogen and oxygen atoms in total. The SMILES string of the molecule is C=C1CC(C)C=CO1. The van der Waals surface area contributed by atoms with Crippen LogP contribution in [0, 0.1) is 5.92 Å². The van der Waals surface area contributed by atoms with Crippen LogP contribution in [-0.4, -0.2) is 0 Å². The Hall–Kier alpha value is -0.720. The molecule has 0 spiro atoms. The van der Waals surface area contributed by atoms with Crippen LogP contribution < -0.4 is 0 Å². The van der Waals surface area contributed by atoms with Gasteiger partial charge in [-0.05, 0) is 12.0 Å². The molecule has 1 heteroatoms. The Kier molecular flexibility index (Phi) is 1.38. The summed E-state index contributed by atoms with van der Waals surface area (Å²) in [6, 6.07) is 0. The van der Waals surface area contributed by atoms with Gasteiger partial charge in [0, 0.05) is 6.42 Å². The van der Waals surface area contributed by atoms with Crippen LogP contribution in [0.2, 0.25) is 0 Å². The summed E-state index contributed by atoms with van der Waals surface area (Å²) >= 11 is 0. The first kappa shape index (κ1) is 5.42. The Bertz CT molecular complexity index is 124. The highest BCUT2D eigenvalue weighted by Gasteiger charge is 2.04. The van der Waals surface area contributed by atoms with E-state index in [9.17, 15) is 0 Å². The highest BCUT2D eigenvalue weighted by Crippen LogP contribution is 2.17. The van der Waals surface area contributed by atoms with Gasteiger partial charge in [-0.1, -0.05) is 13.5 Å². The van der Waals surface area contributed by atoms with Gasteiger partial charge in [0.05, 0.1) is 12.0 Å². The summed E-state index contributed by atoms with van der Waals surface area (Å²) in [6.45, 7) is 5.83. The van der Waals surface area contributed by atoms with Crippen molar-refractivity contribution < 1.29 is 4.74 Å². The zero-order valence-electron chi connectivity index (χ0n) is 5.05. The van der Waals surface area contributed by atoms with Crippen molar-refractivity contribution in [3.63, 3.8) is 0 Å². The zero-order chi connectivity index (χ0) is 5.98. The van der Waals surface area contributed by atoms with E-state index in [0.717, 1.165) is 12.2 Å². The van der Waals surface area contributed by atoms with Crippen LogP contribution in [0.25, 0.3) is 0 Å². The lowest BCUT2D eigenvalue weighted by molar-refractivity contribution is 0.301. The second kappa shape index (κ2) is 2.03. The Balaban J connectivity index is 2.54. The summed E-state index contributed by atoms with van der Waals surface area (Å²) in [5, 5.41) is 0. The highest BCUT2D eigenvalue weighted by atomic mass is 16.5. The standard InChI is InChI=1S/C7H10O/c1-6-3-4-8-7(2)5-6/h3-4,6H,2,5H2,1H3. The molecule has 0 saturated carbocycles. The van der Waals surface area contributed by atoms with Gasteiger partial charge < -0.3 is 4.74 Å². The van der Waals surface area contributed by atoms with E-state index in [1.165, 1.54) is 0 Å². The third kappa shape index (κ3) is 1.12. The molecule has 0 aromatic heterocycles. The van der Waals surface area contributed by atoms with Gasteiger partial charge >= 0.3 is 0 Å². The van der Waals surface area contributed by atoms with Crippen LogP contribution in [0.5, 0.6) is 0 Å². The second-order valence-electron chi connectivity index (χ2n) is 2.17. The molecule has 0 aromatic rings. The average Bonchev–Trinajstić information content (AvgIpc) is 1.64. The number of hydrogen-bond acceptors (Lipinski definition) is 1. The van der Waals surface area contributed by atoms with Gasteiger partial charge in [0.2, 0.25) is 0 Å². The summed E-state index contributed by atoms with van der Waals surface area (Å²) in [4.78, 5) is 0. The highest BCUT2D eigenvalue weighted by molar-refractivity contribution is 4.98. The molecular formula is C7H10O. The molecule has 1 heterocycles. The van der Waals surface area contributed by atoms with Crippen molar-refractivity contribution in [2.75, 3.05) is 0 Å². The number of allylic oxidation sites excluding steroid dienone is 2. The van der Waals surface area contributed by atoms with Crippen LogP contribution in [0.15, 0.2) is 24.7 Å². The molecule has 0 N–H and O–H groups in total. The zero-order valence-corrected chi connectivity index (χ0v) is 5.05. The van der Waals surface area contributed by atoms with E-state index in [-0.39, 0.29) is 0 Å². The third-order valence-electron chi connectivity index (χ3n) is 1.19. The summed E-state index contributed by atoms with van der Waals surface area (Å²) in [6.07, 6.45) is 4.71. The molecule has 8 heavy (non-hydrogen) atoms. The third-order valence-corrected chi connectivity index (χ3v) is 1.19. The molecule has 0 aliphatic carbocycles. The molecule has 0 aromatic carbocycles. The molecule has 0 saturated heterocycles. The number of hydrogen-bond donors (Lipinski definition) is 0. The average molecular weight is 110 g/mol. The van der Waals surface area contributed by atoms with Crippen molar-refractivity contribution in [1.29, 1.82) is 0 Å². The van der Waals surface area contributed by atoms with E-state index < -0.39 is 0 Å². The topological polar surface area (TPSA) is 9.23 Å². The van der Waals surface area contributed by atoms with E-state index in [1.54, 1.807) is 6.26 Å². The van der Waals surface area contributed by atoms with E-state index >= 15 is 0 Å². The fourth-order valence-corrected chi connectivity index (χ4v) is 0.745. The molecule has 44 valence electrons. The molecular weight excluding hydrogens is 100 g/mol. The smallest absolute Gasteiger partial charge is 0.0966 e. The van der Waals surface area contributed by atoms with Crippen molar-refractivity contribution in [3.05, 3.63) is 24.7 Å². The van der Waals surface area contributed by atoms with Crippen molar-refractivity contribution in [3.8, 4) is 0 Å². The van der Waals surface area contributed by atoms with E-state index in [2.05, 4.69) is 13.5 Å². The van der Waals surface area contributed by atoms with Crippen LogP contribution in [0.4, 0.5) is 0 Å². The van der Waals surface area contributed by atoms with Gasteiger partial charge in [0.1, 0.15) is 0 Å². The molecule has 1 rings (SSSR count). The largest absolute Gasteiger partial charge is 0.470 e. The van der Waals surface area contributed by atoms with Crippen molar-refractivity contribution in [2.24, 2.45) is 5.92 Å². The molecule has 1 atom stereocenters. The van der Waals surface area contributed by atoms with Gasteiger partial charge in [0.25, 0.3) is 0 Å². The van der Waals surface area contributed by atoms with Gasteiger partial charge in [-0.3, -0.25) is 0 Å². The maximum Gasteiger partial charge on any atom is 0.0966 e. The molecule has 0 radical (unpaired) electrons. The number of rotatable bonds is 0. The van der Waals surface area contributed by atoms with E-state index in [4.69, 9.17) is 4.74 Å². The maximum atomic E-state index is 4.97. The van der Waals surface area contributed by atoms with Crippen molar-refractivity contribution in [2.45, 2.75) is 13.3 Å². The lowest BCUT2D eigenvalue weighted by atomic mass is 10.1. The Labute approximate surface area is 49.7 Å². The molecule has 1 aliphatic heterocycles. The Morgan fingerprint density at radius 1 is 1.88 bits per heavy atom. The van der Waals surface area contributed by atoms with Gasteiger partial charge in [-0.25, -0.2) is 0 Å². The Morgan fingerprint density at radius 3 is 3.00 bits per heavy atom. The summed E-state index contributed by atoms with van der Waals surface area (Å²) in [7, 11) is 0. The Morgan fingerprint density at radius 2 is 2.62 bits per heavy atom. The fourth-order valence-electron chi connectivity index (χ4n) is 0.745. The summed E-state index contributed by atoms with van der Waals surface area (Å²) < 4.78 is 4.97. The van der Waals surface area contributed by atoms with Gasteiger partial charge in [0.15, 0.2) is 0 Å².